The summed E-state index contributed by atoms with van der Waals surface area (Å²) in [6, 6.07) is 0. The Hall–Kier alpha value is -0.620. The van der Waals surface area contributed by atoms with Gasteiger partial charge in [0.2, 0.25) is 6.79 Å². The van der Waals surface area contributed by atoms with Crippen LogP contribution in [-0.4, -0.2) is 29.7 Å². The number of amides is 1. The van der Waals surface area contributed by atoms with Crippen LogP contribution in [0.3, 0.4) is 0 Å². The largest absolute Gasteiger partial charge is 0.472 e. The van der Waals surface area contributed by atoms with Crippen LogP contribution in [0.25, 0.3) is 0 Å². The number of carbonyl (C=O) groups is 1. The number of hydrogen-bond acceptors (Lipinski definition) is 4. The number of carbonyl (C=O) groups excluding carboxylic acids is 1. The van der Waals surface area contributed by atoms with Gasteiger partial charge in [0.15, 0.2) is 0 Å². The zero-order valence-electron chi connectivity index (χ0n) is 5.68. The standard InChI is InChI=1S/C3H8NO6P/c1-4-3(5)9-2-10-11(6,7)8/h2H2,1H3,(H,4,5)(H2,6,7,8). The van der Waals surface area contributed by atoms with E-state index in [1.54, 1.807) is 0 Å². The Kier molecular flexibility index (Phi) is 4.06. The van der Waals surface area contributed by atoms with Gasteiger partial charge in [-0.1, -0.05) is 0 Å². The number of phosphoric ester groups is 1. The second kappa shape index (κ2) is 4.30. The van der Waals surface area contributed by atoms with E-state index in [0.29, 0.717) is 0 Å². The van der Waals surface area contributed by atoms with Crippen LogP contribution in [0.4, 0.5) is 4.79 Å². The van der Waals surface area contributed by atoms with Crippen molar-refractivity contribution in [2.45, 2.75) is 0 Å². The predicted octanol–water partition coefficient (Wildman–Crippen LogP) is -0.591. The normalized spacial score (nSPS) is 10.8. The minimum atomic E-state index is -4.54. The second-order valence-electron chi connectivity index (χ2n) is 1.42. The summed E-state index contributed by atoms with van der Waals surface area (Å²) in [4.78, 5) is 26.4. The highest BCUT2D eigenvalue weighted by atomic mass is 31.2. The summed E-state index contributed by atoms with van der Waals surface area (Å²) in [7, 11) is -3.23. The van der Waals surface area contributed by atoms with E-state index >= 15 is 0 Å². The average Bonchev–Trinajstić information content (AvgIpc) is 1.85. The predicted molar refractivity (Wildman–Crippen MR) is 33.5 cm³/mol. The Morgan fingerprint density at radius 3 is 2.55 bits per heavy atom. The summed E-state index contributed by atoms with van der Waals surface area (Å²) >= 11 is 0. The molecule has 3 N–H and O–H groups in total. The minimum Gasteiger partial charge on any atom is -0.422 e. The summed E-state index contributed by atoms with van der Waals surface area (Å²) in [6.45, 7) is -0.774. The number of rotatable bonds is 3. The lowest BCUT2D eigenvalue weighted by Gasteiger charge is -2.04. The lowest BCUT2D eigenvalue weighted by Crippen LogP contribution is -2.20. The molecule has 0 aromatic rings. The van der Waals surface area contributed by atoms with E-state index in [0.717, 1.165) is 0 Å². The van der Waals surface area contributed by atoms with Gasteiger partial charge in [0.05, 0.1) is 0 Å². The van der Waals surface area contributed by atoms with Crippen LogP contribution < -0.4 is 5.32 Å². The first kappa shape index (κ1) is 10.4. The third-order valence-electron chi connectivity index (χ3n) is 0.615. The highest BCUT2D eigenvalue weighted by Gasteiger charge is 2.14. The summed E-state index contributed by atoms with van der Waals surface area (Å²) in [5, 5.41) is 2.06. The van der Waals surface area contributed by atoms with Crippen molar-refractivity contribution in [2.75, 3.05) is 13.8 Å². The van der Waals surface area contributed by atoms with Gasteiger partial charge in [-0.2, -0.15) is 0 Å². The molecule has 0 aliphatic heterocycles. The molecular weight excluding hydrogens is 177 g/mol. The molecule has 66 valence electrons. The van der Waals surface area contributed by atoms with E-state index in [-0.39, 0.29) is 0 Å². The third-order valence-corrected chi connectivity index (χ3v) is 1.06. The fourth-order valence-corrected chi connectivity index (χ4v) is 0.411. The zero-order chi connectivity index (χ0) is 8.91. The van der Waals surface area contributed by atoms with Crippen molar-refractivity contribution in [3.05, 3.63) is 0 Å². The van der Waals surface area contributed by atoms with Crippen molar-refractivity contribution >= 4 is 13.9 Å². The number of phosphoric acid groups is 1. The van der Waals surface area contributed by atoms with Crippen LogP contribution in [0.2, 0.25) is 0 Å². The smallest absolute Gasteiger partial charge is 0.422 e. The second-order valence-corrected chi connectivity index (χ2v) is 2.66. The molecule has 0 rings (SSSR count). The van der Waals surface area contributed by atoms with Gasteiger partial charge >= 0.3 is 13.9 Å². The van der Waals surface area contributed by atoms with Crippen molar-refractivity contribution in [2.24, 2.45) is 0 Å². The van der Waals surface area contributed by atoms with Crippen LogP contribution in [0, 0.1) is 0 Å². The maximum Gasteiger partial charge on any atom is 0.472 e. The Morgan fingerprint density at radius 2 is 2.18 bits per heavy atom. The molecule has 0 aliphatic rings. The maximum absolute atomic E-state index is 10.2. The fraction of sp³-hybridized carbons (Fsp3) is 0.667. The van der Waals surface area contributed by atoms with Gasteiger partial charge < -0.3 is 19.8 Å². The van der Waals surface area contributed by atoms with Gasteiger partial charge in [0, 0.05) is 7.05 Å². The molecule has 11 heavy (non-hydrogen) atoms. The highest BCUT2D eigenvalue weighted by Crippen LogP contribution is 2.35. The molecule has 1 amide bonds. The number of nitrogens with one attached hydrogen (secondary N) is 1. The molecule has 8 heteroatoms. The summed E-state index contributed by atoms with van der Waals surface area (Å²) in [5.74, 6) is 0. The first-order valence-corrected chi connectivity index (χ1v) is 4.03. The molecule has 0 aliphatic carbocycles. The van der Waals surface area contributed by atoms with Crippen LogP contribution in [0.1, 0.15) is 0 Å². The van der Waals surface area contributed by atoms with Crippen molar-refractivity contribution in [3.63, 3.8) is 0 Å². The molecule has 0 bridgehead atoms. The Labute approximate surface area is 62.5 Å². The Bertz CT molecular complexity index is 175. The monoisotopic (exact) mass is 185 g/mol. The molecular formula is C3H8NO6P. The van der Waals surface area contributed by atoms with Crippen LogP contribution in [0.15, 0.2) is 0 Å². The van der Waals surface area contributed by atoms with Gasteiger partial charge in [0.1, 0.15) is 0 Å². The Balaban J connectivity index is 3.43. The molecule has 0 aromatic heterocycles. The molecule has 7 nitrogen and oxygen atoms in total. The lowest BCUT2D eigenvalue weighted by molar-refractivity contribution is 0.0408. The fourth-order valence-electron chi connectivity index (χ4n) is 0.221. The first-order chi connectivity index (χ1) is 4.95. The van der Waals surface area contributed by atoms with E-state index in [1.165, 1.54) is 7.05 Å². The van der Waals surface area contributed by atoms with Crippen LogP contribution >= 0.6 is 7.82 Å². The zero-order valence-corrected chi connectivity index (χ0v) is 6.58. The first-order valence-electron chi connectivity index (χ1n) is 2.50. The minimum absolute atomic E-state index is 0.774. The number of alkyl carbamates (subject to hydrolysis) is 1. The van der Waals surface area contributed by atoms with Gasteiger partial charge in [0.25, 0.3) is 0 Å². The Morgan fingerprint density at radius 1 is 1.64 bits per heavy atom. The van der Waals surface area contributed by atoms with E-state index < -0.39 is 20.7 Å². The van der Waals surface area contributed by atoms with E-state index in [1.807, 2.05) is 0 Å². The van der Waals surface area contributed by atoms with Crippen molar-refractivity contribution in [1.82, 2.24) is 5.32 Å². The van der Waals surface area contributed by atoms with Gasteiger partial charge in [-0.15, -0.1) is 0 Å². The number of ether oxygens (including phenoxy) is 1. The molecule has 0 atom stereocenters. The lowest BCUT2D eigenvalue weighted by atomic mass is 11.1. The van der Waals surface area contributed by atoms with Crippen molar-refractivity contribution in [1.29, 1.82) is 0 Å². The van der Waals surface area contributed by atoms with Crippen molar-refractivity contribution in [3.8, 4) is 0 Å². The van der Waals surface area contributed by atoms with Crippen molar-refractivity contribution < 1.29 is 28.4 Å². The molecule has 0 heterocycles. The van der Waals surface area contributed by atoms with E-state index in [2.05, 4.69) is 14.6 Å². The van der Waals surface area contributed by atoms with Gasteiger partial charge in [-0.3, -0.25) is 0 Å². The van der Waals surface area contributed by atoms with Crippen LogP contribution in [-0.2, 0) is 13.8 Å². The van der Waals surface area contributed by atoms with Crippen LogP contribution in [0.5, 0.6) is 0 Å². The summed E-state index contributed by atoms with van der Waals surface area (Å²) < 4.78 is 17.8. The van der Waals surface area contributed by atoms with E-state index in [4.69, 9.17) is 9.79 Å². The topological polar surface area (TPSA) is 105 Å². The van der Waals surface area contributed by atoms with E-state index in [9.17, 15) is 9.36 Å². The highest BCUT2D eigenvalue weighted by molar-refractivity contribution is 7.46. The summed E-state index contributed by atoms with van der Waals surface area (Å²) in [5.41, 5.74) is 0. The molecule has 0 saturated carbocycles. The SMILES string of the molecule is CNC(=O)OCOP(=O)(O)O. The maximum atomic E-state index is 10.2. The quantitative estimate of drug-likeness (QED) is 0.400. The number of hydrogen-bond donors (Lipinski definition) is 3. The molecule has 0 fully saturated rings. The molecule has 0 spiro atoms. The average molecular weight is 185 g/mol. The third kappa shape index (κ3) is 7.27. The van der Waals surface area contributed by atoms with Gasteiger partial charge in [-0.25, -0.2) is 13.9 Å². The summed E-state index contributed by atoms with van der Waals surface area (Å²) in [6.07, 6.45) is -0.821. The molecule has 0 radical (unpaired) electrons. The van der Waals surface area contributed by atoms with Gasteiger partial charge in [-0.05, 0) is 0 Å². The molecule has 0 saturated heterocycles. The molecule has 0 aromatic carbocycles. The molecule has 0 unspecified atom stereocenters.